The second-order valence-corrected chi connectivity index (χ2v) is 2.99. The summed E-state index contributed by atoms with van der Waals surface area (Å²) in [6, 6.07) is 0. The van der Waals surface area contributed by atoms with Gasteiger partial charge in [0, 0.05) is 20.6 Å². The number of halogens is 1. The first-order valence-corrected chi connectivity index (χ1v) is 4.34. The highest BCUT2D eigenvalue weighted by atomic mass is 35.5. The quantitative estimate of drug-likeness (QED) is 0.792. The molecule has 0 saturated heterocycles. The highest BCUT2D eigenvalue weighted by molar-refractivity contribution is 6.28. The van der Waals surface area contributed by atoms with E-state index in [2.05, 4.69) is 20.3 Å². The van der Waals surface area contributed by atoms with Gasteiger partial charge in [-0.2, -0.15) is 15.0 Å². The fourth-order valence-corrected chi connectivity index (χ4v) is 0.932. The first-order valence-electron chi connectivity index (χ1n) is 3.96. The predicted octanol–water partition coefficient (Wildman–Crippen LogP) is 1.02. The molecule has 1 N–H and O–H groups in total. The third-order valence-corrected chi connectivity index (χ3v) is 1.50. The standard InChI is InChI=1S/C7H12ClN5/c1-4-9-6-10-5(8)11-7(12-6)13(2)3/h4H2,1-3H3,(H,9,10,11,12). The summed E-state index contributed by atoms with van der Waals surface area (Å²) in [6.07, 6.45) is 0. The van der Waals surface area contributed by atoms with Crippen molar-refractivity contribution in [3.05, 3.63) is 5.28 Å². The molecule has 0 aliphatic heterocycles. The second kappa shape index (κ2) is 4.23. The summed E-state index contributed by atoms with van der Waals surface area (Å²) in [5.41, 5.74) is 0. The zero-order valence-corrected chi connectivity index (χ0v) is 8.63. The average molecular weight is 202 g/mol. The lowest BCUT2D eigenvalue weighted by atomic mass is 10.7. The van der Waals surface area contributed by atoms with Crippen LogP contribution in [0.15, 0.2) is 0 Å². The SMILES string of the molecule is CCNc1nc(Cl)nc(N(C)C)n1. The Hall–Kier alpha value is -1.10. The van der Waals surface area contributed by atoms with Crippen molar-refractivity contribution in [2.75, 3.05) is 30.9 Å². The van der Waals surface area contributed by atoms with Crippen molar-refractivity contribution >= 4 is 23.5 Å². The second-order valence-electron chi connectivity index (χ2n) is 2.65. The molecule has 0 aromatic carbocycles. The summed E-state index contributed by atoms with van der Waals surface area (Å²) < 4.78 is 0. The van der Waals surface area contributed by atoms with Gasteiger partial charge in [-0.05, 0) is 18.5 Å². The Morgan fingerprint density at radius 1 is 1.31 bits per heavy atom. The van der Waals surface area contributed by atoms with Crippen LogP contribution in [0.5, 0.6) is 0 Å². The summed E-state index contributed by atoms with van der Waals surface area (Å²) in [7, 11) is 3.70. The van der Waals surface area contributed by atoms with Crippen LogP contribution in [0.1, 0.15) is 6.92 Å². The van der Waals surface area contributed by atoms with Gasteiger partial charge in [-0.25, -0.2) is 0 Å². The van der Waals surface area contributed by atoms with Crippen molar-refractivity contribution in [2.24, 2.45) is 0 Å². The van der Waals surface area contributed by atoms with Crippen LogP contribution in [-0.2, 0) is 0 Å². The molecule has 0 spiro atoms. The zero-order chi connectivity index (χ0) is 9.84. The van der Waals surface area contributed by atoms with Crippen LogP contribution in [0.2, 0.25) is 5.28 Å². The number of anilines is 2. The Morgan fingerprint density at radius 2 is 2.00 bits per heavy atom. The first kappa shape index (κ1) is 9.98. The maximum atomic E-state index is 5.70. The molecule has 0 atom stereocenters. The molecule has 1 rings (SSSR count). The molecule has 0 saturated carbocycles. The fraction of sp³-hybridized carbons (Fsp3) is 0.571. The number of hydrogen-bond acceptors (Lipinski definition) is 5. The van der Waals surface area contributed by atoms with Crippen LogP contribution in [0, 0.1) is 0 Å². The molecule has 6 heteroatoms. The van der Waals surface area contributed by atoms with Crippen LogP contribution in [-0.4, -0.2) is 35.6 Å². The van der Waals surface area contributed by atoms with Crippen LogP contribution in [0.4, 0.5) is 11.9 Å². The Balaban J connectivity index is 2.96. The van der Waals surface area contributed by atoms with Crippen molar-refractivity contribution < 1.29 is 0 Å². The van der Waals surface area contributed by atoms with Crippen molar-refractivity contribution in [1.82, 2.24) is 15.0 Å². The molecule has 13 heavy (non-hydrogen) atoms. The van der Waals surface area contributed by atoms with Crippen LogP contribution in [0.25, 0.3) is 0 Å². The molecule has 1 aromatic heterocycles. The van der Waals surface area contributed by atoms with Gasteiger partial charge >= 0.3 is 0 Å². The third-order valence-electron chi connectivity index (χ3n) is 1.33. The van der Waals surface area contributed by atoms with E-state index in [9.17, 15) is 0 Å². The molecule has 1 heterocycles. The van der Waals surface area contributed by atoms with Crippen molar-refractivity contribution in [1.29, 1.82) is 0 Å². The van der Waals surface area contributed by atoms with E-state index in [0.717, 1.165) is 6.54 Å². The Bertz CT molecular complexity index is 288. The number of nitrogens with one attached hydrogen (secondary N) is 1. The summed E-state index contributed by atoms with van der Waals surface area (Å²) in [5, 5.41) is 3.17. The smallest absolute Gasteiger partial charge is 0.230 e. The molecule has 0 radical (unpaired) electrons. The predicted molar refractivity (Wildman–Crippen MR) is 53.3 cm³/mol. The molecule has 0 fully saturated rings. The minimum atomic E-state index is 0.203. The average Bonchev–Trinajstić information content (AvgIpc) is 2.03. The van der Waals surface area contributed by atoms with Crippen molar-refractivity contribution in [3.8, 4) is 0 Å². The van der Waals surface area contributed by atoms with Crippen LogP contribution < -0.4 is 10.2 Å². The number of aromatic nitrogens is 3. The molecule has 0 aliphatic rings. The maximum absolute atomic E-state index is 5.70. The van der Waals surface area contributed by atoms with E-state index >= 15 is 0 Å². The first-order chi connectivity index (χ1) is 6.13. The minimum Gasteiger partial charge on any atom is -0.354 e. The van der Waals surface area contributed by atoms with Gasteiger partial charge in [0.15, 0.2) is 0 Å². The maximum Gasteiger partial charge on any atom is 0.230 e. The lowest BCUT2D eigenvalue weighted by Crippen LogP contribution is -2.15. The van der Waals surface area contributed by atoms with E-state index in [1.807, 2.05) is 21.0 Å². The summed E-state index contributed by atoms with van der Waals surface area (Å²) in [6.45, 7) is 2.72. The van der Waals surface area contributed by atoms with Gasteiger partial charge < -0.3 is 10.2 Å². The molecule has 1 aromatic rings. The molecule has 0 amide bonds. The fourth-order valence-electron chi connectivity index (χ4n) is 0.777. The molecule has 72 valence electrons. The zero-order valence-electron chi connectivity index (χ0n) is 7.87. The molecule has 0 bridgehead atoms. The Kier molecular flexibility index (Phi) is 3.25. The van der Waals surface area contributed by atoms with Crippen molar-refractivity contribution in [2.45, 2.75) is 6.92 Å². The van der Waals surface area contributed by atoms with E-state index in [1.54, 1.807) is 4.90 Å². The van der Waals surface area contributed by atoms with Crippen LogP contribution >= 0.6 is 11.6 Å². The summed E-state index contributed by atoms with van der Waals surface area (Å²) >= 11 is 5.70. The van der Waals surface area contributed by atoms with Gasteiger partial charge in [0.05, 0.1) is 0 Å². The van der Waals surface area contributed by atoms with Gasteiger partial charge in [0.25, 0.3) is 0 Å². The third kappa shape index (κ3) is 2.69. The number of rotatable bonds is 3. The number of nitrogens with zero attached hydrogens (tertiary/aromatic N) is 4. The lowest BCUT2D eigenvalue weighted by molar-refractivity contribution is 0.948. The molecular formula is C7H12ClN5. The van der Waals surface area contributed by atoms with Crippen LogP contribution in [0.3, 0.4) is 0 Å². The number of hydrogen-bond donors (Lipinski definition) is 1. The van der Waals surface area contributed by atoms with E-state index in [4.69, 9.17) is 11.6 Å². The van der Waals surface area contributed by atoms with E-state index < -0.39 is 0 Å². The van der Waals surface area contributed by atoms with E-state index in [-0.39, 0.29) is 5.28 Å². The topological polar surface area (TPSA) is 53.9 Å². The monoisotopic (exact) mass is 201 g/mol. The summed E-state index contributed by atoms with van der Waals surface area (Å²) in [4.78, 5) is 13.8. The normalized spacial score (nSPS) is 9.85. The lowest BCUT2D eigenvalue weighted by Gasteiger charge is -2.10. The highest BCUT2D eigenvalue weighted by Crippen LogP contribution is 2.10. The Morgan fingerprint density at radius 3 is 2.54 bits per heavy atom. The van der Waals surface area contributed by atoms with E-state index in [1.165, 1.54) is 0 Å². The highest BCUT2D eigenvalue weighted by Gasteiger charge is 2.04. The Labute approximate surface area is 82.2 Å². The largest absolute Gasteiger partial charge is 0.354 e. The van der Waals surface area contributed by atoms with Crippen molar-refractivity contribution in [3.63, 3.8) is 0 Å². The molecule has 0 aliphatic carbocycles. The van der Waals surface area contributed by atoms with Gasteiger partial charge in [-0.3, -0.25) is 0 Å². The van der Waals surface area contributed by atoms with E-state index in [0.29, 0.717) is 11.9 Å². The van der Waals surface area contributed by atoms with Gasteiger partial charge in [0.2, 0.25) is 17.2 Å². The molecule has 5 nitrogen and oxygen atoms in total. The minimum absolute atomic E-state index is 0.203. The van der Waals surface area contributed by atoms with Gasteiger partial charge in [-0.15, -0.1) is 0 Å². The van der Waals surface area contributed by atoms with Gasteiger partial charge in [-0.1, -0.05) is 0 Å². The van der Waals surface area contributed by atoms with Gasteiger partial charge in [0.1, 0.15) is 0 Å². The molecule has 0 unspecified atom stereocenters. The molecular weight excluding hydrogens is 190 g/mol. The summed E-state index contributed by atoms with van der Waals surface area (Å²) in [5.74, 6) is 1.06.